The second-order valence-corrected chi connectivity index (χ2v) is 3.55. The first kappa shape index (κ1) is 6.62. The molecule has 0 aromatic rings. The fourth-order valence-electron chi connectivity index (χ4n) is 2.14. The lowest BCUT2D eigenvalue weighted by molar-refractivity contribution is 0.0725. The lowest BCUT2D eigenvalue weighted by Gasteiger charge is -2.24. The Bertz CT molecular complexity index is 124. The predicted octanol–water partition coefficient (Wildman–Crippen LogP) is 0.775. The van der Waals surface area contributed by atoms with Gasteiger partial charge in [-0.15, -0.1) is 0 Å². The van der Waals surface area contributed by atoms with Gasteiger partial charge in [0.2, 0.25) is 0 Å². The summed E-state index contributed by atoms with van der Waals surface area (Å²) in [6, 6.07) is 0. The highest BCUT2D eigenvalue weighted by molar-refractivity contribution is 4.95. The summed E-state index contributed by atoms with van der Waals surface area (Å²) in [7, 11) is 0. The van der Waals surface area contributed by atoms with Gasteiger partial charge >= 0.3 is 0 Å². The average Bonchev–Trinajstić information content (AvgIpc) is 2.48. The highest BCUT2D eigenvalue weighted by Crippen LogP contribution is 2.39. The fraction of sp³-hybridized carbons (Fsp3) is 1.00. The summed E-state index contributed by atoms with van der Waals surface area (Å²) in [5.41, 5.74) is 0.514. The Hall–Kier alpha value is -0.0800. The van der Waals surface area contributed by atoms with E-state index in [-0.39, 0.29) is 0 Å². The third-order valence-corrected chi connectivity index (χ3v) is 3.11. The van der Waals surface area contributed by atoms with Gasteiger partial charge < -0.3 is 10.1 Å². The summed E-state index contributed by atoms with van der Waals surface area (Å²) in [5.74, 6) is 0. The molecule has 1 N–H and O–H groups in total. The van der Waals surface area contributed by atoms with Crippen LogP contribution in [0.3, 0.4) is 0 Å². The molecule has 10 heavy (non-hydrogen) atoms. The largest absolute Gasteiger partial charge is 0.378 e. The molecule has 2 atom stereocenters. The standard InChI is InChI=1S/C8H15NO/c1-7-8(3-5-10-7)2-4-9-6-8/h7,9H,2-6H2,1H3. The van der Waals surface area contributed by atoms with Crippen molar-refractivity contribution < 1.29 is 4.74 Å². The molecule has 0 bridgehead atoms. The Morgan fingerprint density at radius 1 is 1.50 bits per heavy atom. The maximum atomic E-state index is 5.55. The van der Waals surface area contributed by atoms with Crippen LogP contribution in [0.25, 0.3) is 0 Å². The van der Waals surface area contributed by atoms with Gasteiger partial charge in [0.05, 0.1) is 6.10 Å². The highest BCUT2D eigenvalue weighted by atomic mass is 16.5. The van der Waals surface area contributed by atoms with Crippen molar-refractivity contribution in [1.29, 1.82) is 0 Å². The zero-order valence-corrected chi connectivity index (χ0v) is 6.52. The van der Waals surface area contributed by atoms with Gasteiger partial charge in [0, 0.05) is 18.6 Å². The van der Waals surface area contributed by atoms with Crippen molar-refractivity contribution in [2.45, 2.75) is 25.9 Å². The van der Waals surface area contributed by atoms with Crippen molar-refractivity contribution in [3.63, 3.8) is 0 Å². The summed E-state index contributed by atoms with van der Waals surface area (Å²) in [6.07, 6.45) is 3.07. The topological polar surface area (TPSA) is 21.3 Å². The van der Waals surface area contributed by atoms with Gasteiger partial charge in [0.15, 0.2) is 0 Å². The molecule has 0 aromatic heterocycles. The number of hydrogen-bond acceptors (Lipinski definition) is 2. The smallest absolute Gasteiger partial charge is 0.0616 e. The van der Waals surface area contributed by atoms with E-state index in [0.717, 1.165) is 6.61 Å². The molecule has 2 saturated heterocycles. The van der Waals surface area contributed by atoms with Crippen molar-refractivity contribution in [2.75, 3.05) is 19.7 Å². The molecule has 0 aliphatic carbocycles. The molecular formula is C8H15NO. The second-order valence-electron chi connectivity index (χ2n) is 3.55. The Morgan fingerprint density at radius 2 is 2.40 bits per heavy atom. The van der Waals surface area contributed by atoms with Gasteiger partial charge in [0.25, 0.3) is 0 Å². The quantitative estimate of drug-likeness (QED) is 0.538. The van der Waals surface area contributed by atoms with E-state index in [4.69, 9.17) is 4.74 Å². The Balaban J connectivity index is 2.11. The zero-order chi connectivity index (χ0) is 7.03. The third kappa shape index (κ3) is 0.789. The first-order chi connectivity index (χ1) is 4.83. The van der Waals surface area contributed by atoms with Crippen LogP contribution in [-0.4, -0.2) is 25.8 Å². The molecule has 2 unspecified atom stereocenters. The van der Waals surface area contributed by atoms with Crippen LogP contribution >= 0.6 is 0 Å². The molecule has 0 amide bonds. The number of ether oxygens (including phenoxy) is 1. The first-order valence-electron chi connectivity index (χ1n) is 4.16. The van der Waals surface area contributed by atoms with E-state index in [1.807, 2.05) is 0 Å². The lowest BCUT2D eigenvalue weighted by atomic mass is 9.81. The Morgan fingerprint density at radius 3 is 2.90 bits per heavy atom. The predicted molar refractivity (Wildman–Crippen MR) is 40.0 cm³/mol. The maximum Gasteiger partial charge on any atom is 0.0616 e. The van der Waals surface area contributed by atoms with Crippen LogP contribution in [0.4, 0.5) is 0 Å². The van der Waals surface area contributed by atoms with E-state index >= 15 is 0 Å². The van der Waals surface area contributed by atoms with Crippen LogP contribution in [0.2, 0.25) is 0 Å². The molecule has 2 fully saturated rings. The second kappa shape index (κ2) is 2.21. The van der Waals surface area contributed by atoms with Gasteiger partial charge in [-0.2, -0.15) is 0 Å². The minimum atomic E-state index is 0.488. The maximum absolute atomic E-state index is 5.55. The molecule has 2 heterocycles. The third-order valence-electron chi connectivity index (χ3n) is 3.11. The number of rotatable bonds is 0. The molecule has 2 rings (SSSR count). The Labute approximate surface area is 61.9 Å². The molecule has 2 aliphatic heterocycles. The van der Waals surface area contributed by atoms with Crippen molar-refractivity contribution >= 4 is 0 Å². The molecule has 0 saturated carbocycles. The zero-order valence-electron chi connectivity index (χ0n) is 6.52. The van der Waals surface area contributed by atoms with E-state index in [1.165, 1.54) is 25.9 Å². The summed E-state index contributed by atoms with van der Waals surface area (Å²) < 4.78 is 5.55. The summed E-state index contributed by atoms with van der Waals surface area (Å²) in [5, 5.41) is 3.41. The van der Waals surface area contributed by atoms with Gasteiger partial charge in [-0.25, -0.2) is 0 Å². The van der Waals surface area contributed by atoms with Gasteiger partial charge in [-0.1, -0.05) is 0 Å². The normalized spacial score (nSPS) is 47.1. The van der Waals surface area contributed by atoms with Crippen LogP contribution in [0.15, 0.2) is 0 Å². The van der Waals surface area contributed by atoms with E-state index < -0.39 is 0 Å². The molecule has 2 aliphatic rings. The monoisotopic (exact) mass is 141 g/mol. The summed E-state index contributed by atoms with van der Waals surface area (Å²) in [4.78, 5) is 0. The van der Waals surface area contributed by atoms with E-state index in [2.05, 4.69) is 12.2 Å². The minimum absolute atomic E-state index is 0.488. The van der Waals surface area contributed by atoms with Crippen LogP contribution < -0.4 is 5.32 Å². The fourth-order valence-corrected chi connectivity index (χ4v) is 2.14. The van der Waals surface area contributed by atoms with Crippen LogP contribution in [0.1, 0.15) is 19.8 Å². The average molecular weight is 141 g/mol. The van der Waals surface area contributed by atoms with Crippen LogP contribution in [-0.2, 0) is 4.74 Å². The van der Waals surface area contributed by atoms with Gasteiger partial charge in [-0.05, 0) is 26.3 Å². The van der Waals surface area contributed by atoms with E-state index in [0.29, 0.717) is 11.5 Å². The van der Waals surface area contributed by atoms with Gasteiger partial charge in [-0.3, -0.25) is 0 Å². The lowest BCUT2D eigenvalue weighted by Crippen LogP contribution is -2.30. The SMILES string of the molecule is CC1OCCC12CCNC2. The molecule has 58 valence electrons. The van der Waals surface area contributed by atoms with Crippen molar-refractivity contribution in [3.05, 3.63) is 0 Å². The van der Waals surface area contributed by atoms with Crippen LogP contribution in [0, 0.1) is 5.41 Å². The molecule has 2 nitrogen and oxygen atoms in total. The number of hydrogen-bond donors (Lipinski definition) is 1. The Kier molecular flexibility index (Phi) is 1.46. The van der Waals surface area contributed by atoms with Crippen molar-refractivity contribution in [1.82, 2.24) is 5.32 Å². The van der Waals surface area contributed by atoms with Crippen LogP contribution in [0.5, 0.6) is 0 Å². The first-order valence-corrected chi connectivity index (χ1v) is 4.16. The van der Waals surface area contributed by atoms with E-state index in [9.17, 15) is 0 Å². The molecule has 0 radical (unpaired) electrons. The van der Waals surface area contributed by atoms with Gasteiger partial charge in [0.1, 0.15) is 0 Å². The van der Waals surface area contributed by atoms with Crippen molar-refractivity contribution in [3.8, 4) is 0 Å². The summed E-state index contributed by atoms with van der Waals surface area (Å²) in [6.45, 7) is 5.55. The minimum Gasteiger partial charge on any atom is -0.378 e. The summed E-state index contributed by atoms with van der Waals surface area (Å²) >= 11 is 0. The van der Waals surface area contributed by atoms with E-state index in [1.54, 1.807) is 0 Å². The number of nitrogens with one attached hydrogen (secondary N) is 1. The molecule has 1 spiro atoms. The molecule has 2 heteroatoms. The molecular weight excluding hydrogens is 126 g/mol. The van der Waals surface area contributed by atoms with Crippen molar-refractivity contribution in [2.24, 2.45) is 5.41 Å². The highest BCUT2D eigenvalue weighted by Gasteiger charge is 2.43. The molecule has 0 aromatic carbocycles.